The molecule has 0 amide bonds. The van der Waals surface area contributed by atoms with E-state index in [4.69, 9.17) is 17.3 Å². The number of nitrogens with two attached hydrogens (primary N) is 1. The van der Waals surface area contributed by atoms with Gasteiger partial charge in [0.2, 0.25) is 0 Å². The van der Waals surface area contributed by atoms with Crippen LogP contribution in [0.4, 0.5) is 11.5 Å². The first-order chi connectivity index (χ1) is 7.67. The van der Waals surface area contributed by atoms with Crippen molar-refractivity contribution in [1.29, 1.82) is 0 Å². The number of nitrogens with one attached hydrogen (secondary N) is 1. The van der Waals surface area contributed by atoms with Crippen molar-refractivity contribution >= 4 is 23.1 Å². The highest BCUT2D eigenvalue weighted by Gasteiger charge is 2.41. The molecule has 3 N–H and O–H groups in total. The van der Waals surface area contributed by atoms with Gasteiger partial charge in [0.25, 0.3) is 0 Å². The average molecular weight is 241 g/mol. The van der Waals surface area contributed by atoms with Crippen molar-refractivity contribution in [2.24, 2.45) is 5.41 Å². The van der Waals surface area contributed by atoms with E-state index in [0.29, 0.717) is 22.1 Å². The van der Waals surface area contributed by atoms with Gasteiger partial charge >= 0.3 is 0 Å². The van der Waals surface area contributed by atoms with Gasteiger partial charge in [0, 0.05) is 6.54 Å². The molecule has 5 heteroatoms. The average Bonchev–Trinajstić information content (AvgIpc) is 3.02. The van der Waals surface area contributed by atoms with Crippen molar-refractivity contribution in [2.75, 3.05) is 17.6 Å². The van der Waals surface area contributed by atoms with Gasteiger partial charge in [-0.3, -0.25) is 0 Å². The topological polar surface area (TPSA) is 63.8 Å². The van der Waals surface area contributed by atoms with Crippen LogP contribution in [0.5, 0.6) is 0 Å². The molecule has 0 unspecified atom stereocenters. The van der Waals surface area contributed by atoms with Gasteiger partial charge in [0.05, 0.1) is 0 Å². The van der Waals surface area contributed by atoms with Gasteiger partial charge in [-0.05, 0) is 24.7 Å². The SMILES string of the molecule is CCCC1(CNc2ncnc(Cl)c2N)CC1. The maximum Gasteiger partial charge on any atom is 0.157 e. The fourth-order valence-corrected chi connectivity index (χ4v) is 2.14. The Morgan fingerprint density at radius 3 is 2.88 bits per heavy atom. The third-order valence-corrected chi connectivity index (χ3v) is 3.50. The molecule has 88 valence electrons. The van der Waals surface area contributed by atoms with Crippen LogP contribution in [-0.4, -0.2) is 16.5 Å². The Labute approximate surface area is 101 Å². The molecule has 0 radical (unpaired) electrons. The number of hydrogen-bond acceptors (Lipinski definition) is 4. The number of halogens is 1. The summed E-state index contributed by atoms with van der Waals surface area (Å²) in [6, 6.07) is 0. The van der Waals surface area contributed by atoms with Crippen LogP contribution in [0.15, 0.2) is 6.33 Å². The van der Waals surface area contributed by atoms with E-state index >= 15 is 0 Å². The lowest BCUT2D eigenvalue weighted by atomic mass is 10.0. The van der Waals surface area contributed by atoms with Gasteiger partial charge in [0.1, 0.15) is 12.0 Å². The van der Waals surface area contributed by atoms with E-state index in [-0.39, 0.29) is 0 Å². The van der Waals surface area contributed by atoms with Crippen molar-refractivity contribution in [3.05, 3.63) is 11.5 Å². The minimum Gasteiger partial charge on any atom is -0.393 e. The first kappa shape index (κ1) is 11.5. The van der Waals surface area contributed by atoms with E-state index in [9.17, 15) is 0 Å². The Kier molecular flexibility index (Phi) is 3.19. The zero-order chi connectivity index (χ0) is 11.6. The summed E-state index contributed by atoms with van der Waals surface area (Å²) in [5, 5.41) is 3.60. The van der Waals surface area contributed by atoms with E-state index in [0.717, 1.165) is 6.54 Å². The molecule has 1 aliphatic rings. The van der Waals surface area contributed by atoms with E-state index in [1.165, 1.54) is 32.0 Å². The number of rotatable bonds is 5. The van der Waals surface area contributed by atoms with Crippen LogP contribution in [0.3, 0.4) is 0 Å². The number of nitrogens with zero attached hydrogens (tertiary/aromatic N) is 2. The Hall–Kier alpha value is -1.03. The number of aromatic nitrogens is 2. The molecule has 0 saturated heterocycles. The van der Waals surface area contributed by atoms with Gasteiger partial charge < -0.3 is 11.1 Å². The van der Waals surface area contributed by atoms with Gasteiger partial charge in [-0.2, -0.15) is 0 Å². The maximum absolute atomic E-state index is 5.82. The quantitative estimate of drug-likeness (QED) is 0.777. The molecule has 0 aliphatic heterocycles. The molecule has 0 spiro atoms. The molecule has 0 bridgehead atoms. The van der Waals surface area contributed by atoms with E-state index in [1.807, 2.05) is 0 Å². The highest BCUT2D eigenvalue weighted by Crippen LogP contribution is 2.49. The lowest BCUT2D eigenvalue weighted by Crippen LogP contribution is -2.17. The largest absolute Gasteiger partial charge is 0.393 e. The normalized spacial score (nSPS) is 17.1. The Bertz CT molecular complexity index is 376. The molecule has 16 heavy (non-hydrogen) atoms. The highest BCUT2D eigenvalue weighted by atomic mass is 35.5. The van der Waals surface area contributed by atoms with Crippen LogP contribution in [0.25, 0.3) is 0 Å². The van der Waals surface area contributed by atoms with Crippen LogP contribution in [-0.2, 0) is 0 Å². The van der Waals surface area contributed by atoms with E-state index in [1.54, 1.807) is 0 Å². The van der Waals surface area contributed by atoms with Crippen molar-refractivity contribution in [3.63, 3.8) is 0 Å². The Balaban J connectivity index is 1.97. The number of hydrogen-bond donors (Lipinski definition) is 2. The predicted octanol–water partition coefficient (Wildman–Crippen LogP) is 2.70. The summed E-state index contributed by atoms with van der Waals surface area (Å²) >= 11 is 5.82. The number of anilines is 2. The maximum atomic E-state index is 5.82. The van der Waals surface area contributed by atoms with Crippen molar-refractivity contribution in [3.8, 4) is 0 Å². The highest BCUT2D eigenvalue weighted by molar-refractivity contribution is 6.32. The lowest BCUT2D eigenvalue weighted by molar-refractivity contribution is 0.485. The molecule has 0 atom stereocenters. The van der Waals surface area contributed by atoms with Gasteiger partial charge in [-0.25, -0.2) is 9.97 Å². The summed E-state index contributed by atoms with van der Waals surface area (Å²) < 4.78 is 0. The second-order valence-electron chi connectivity index (χ2n) is 4.53. The molecule has 4 nitrogen and oxygen atoms in total. The predicted molar refractivity (Wildman–Crippen MR) is 66.5 cm³/mol. The molecular weight excluding hydrogens is 224 g/mol. The third kappa shape index (κ3) is 2.38. The summed E-state index contributed by atoms with van der Waals surface area (Å²) in [4.78, 5) is 7.92. The molecule has 1 fully saturated rings. The fraction of sp³-hybridized carbons (Fsp3) is 0.636. The molecule has 1 heterocycles. The molecule has 2 rings (SSSR count). The molecule has 1 aromatic rings. The smallest absolute Gasteiger partial charge is 0.157 e. The summed E-state index contributed by atoms with van der Waals surface area (Å²) in [5.41, 5.74) is 6.70. The molecule has 1 saturated carbocycles. The van der Waals surface area contributed by atoms with E-state index in [2.05, 4.69) is 22.2 Å². The monoisotopic (exact) mass is 240 g/mol. The van der Waals surface area contributed by atoms with Crippen LogP contribution in [0.1, 0.15) is 32.6 Å². The summed E-state index contributed by atoms with van der Waals surface area (Å²) in [7, 11) is 0. The molecule has 1 aromatic heterocycles. The van der Waals surface area contributed by atoms with Crippen LogP contribution >= 0.6 is 11.6 Å². The van der Waals surface area contributed by atoms with E-state index < -0.39 is 0 Å². The second kappa shape index (κ2) is 4.45. The van der Waals surface area contributed by atoms with Crippen LogP contribution in [0.2, 0.25) is 5.15 Å². The summed E-state index contributed by atoms with van der Waals surface area (Å²) in [5.74, 6) is 0.655. The Morgan fingerprint density at radius 2 is 2.25 bits per heavy atom. The van der Waals surface area contributed by atoms with Gasteiger partial charge in [0.15, 0.2) is 11.0 Å². The standard InChI is InChI=1S/C11H17ClN4/c1-2-3-11(4-5-11)6-14-10-8(13)9(12)15-7-16-10/h7H,2-6,13H2,1H3,(H,14,15,16). The zero-order valence-corrected chi connectivity index (χ0v) is 10.2. The minimum absolute atomic E-state index is 0.317. The molecule has 0 aromatic carbocycles. The summed E-state index contributed by atoms with van der Waals surface area (Å²) in [6.07, 6.45) is 6.51. The molecular formula is C11H17ClN4. The zero-order valence-electron chi connectivity index (χ0n) is 9.46. The van der Waals surface area contributed by atoms with Crippen molar-refractivity contribution in [1.82, 2.24) is 9.97 Å². The Morgan fingerprint density at radius 1 is 1.50 bits per heavy atom. The molecule has 1 aliphatic carbocycles. The fourth-order valence-electron chi connectivity index (χ4n) is 2.01. The second-order valence-corrected chi connectivity index (χ2v) is 4.89. The van der Waals surface area contributed by atoms with Crippen LogP contribution in [0, 0.1) is 5.41 Å². The van der Waals surface area contributed by atoms with Gasteiger partial charge in [-0.15, -0.1) is 0 Å². The van der Waals surface area contributed by atoms with Crippen molar-refractivity contribution in [2.45, 2.75) is 32.6 Å². The van der Waals surface area contributed by atoms with Crippen LogP contribution < -0.4 is 11.1 Å². The minimum atomic E-state index is 0.317. The first-order valence-corrected chi connectivity index (χ1v) is 6.04. The first-order valence-electron chi connectivity index (χ1n) is 5.67. The van der Waals surface area contributed by atoms with Gasteiger partial charge in [-0.1, -0.05) is 24.9 Å². The van der Waals surface area contributed by atoms with Crippen molar-refractivity contribution < 1.29 is 0 Å². The number of nitrogen functional groups attached to an aromatic ring is 1. The summed E-state index contributed by atoms with van der Waals surface area (Å²) in [6.45, 7) is 3.15. The third-order valence-electron chi connectivity index (χ3n) is 3.20. The lowest BCUT2D eigenvalue weighted by Gasteiger charge is -2.16.